The molecule has 4 nitrogen and oxygen atoms in total. The summed E-state index contributed by atoms with van der Waals surface area (Å²) in [6, 6.07) is 10.5. The number of methoxy groups -OCH3 is 1. The van der Waals surface area contributed by atoms with E-state index < -0.39 is 11.7 Å². The molecule has 2 N–H and O–H groups in total. The van der Waals surface area contributed by atoms with Gasteiger partial charge in [0.05, 0.1) is 7.11 Å². The molecule has 0 saturated carbocycles. The number of para-hydroxylation sites is 1. The monoisotopic (exact) mass is 275 g/mol. The molecule has 104 valence electrons. The number of nitrogens with one attached hydrogen (secondary N) is 1. The number of halogens is 1. The van der Waals surface area contributed by atoms with Gasteiger partial charge in [0.2, 0.25) is 0 Å². The minimum atomic E-state index is -0.660. The summed E-state index contributed by atoms with van der Waals surface area (Å²) in [5.41, 5.74) is 0.876. The molecule has 0 fully saturated rings. The lowest BCUT2D eigenvalue weighted by Crippen LogP contribution is -2.23. The average molecular weight is 275 g/mol. The molecule has 0 saturated heterocycles. The van der Waals surface area contributed by atoms with Crippen LogP contribution in [-0.2, 0) is 6.54 Å². The number of rotatable bonds is 4. The molecule has 2 aromatic carbocycles. The Hall–Kier alpha value is -2.56. The van der Waals surface area contributed by atoms with Crippen molar-refractivity contribution >= 4 is 5.91 Å². The van der Waals surface area contributed by atoms with E-state index in [1.807, 2.05) is 18.2 Å². The predicted molar refractivity (Wildman–Crippen MR) is 72.2 cm³/mol. The molecule has 20 heavy (non-hydrogen) atoms. The van der Waals surface area contributed by atoms with Crippen LogP contribution in [0.2, 0.25) is 0 Å². The normalized spacial score (nSPS) is 10.1. The first kappa shape index (κ1) is 13.9. The first-order chi connectivity index (χ1) is 9.60. The Labute approximate surface area is 115 Å². The van der Waals surface area contributed by atoms with Crippen molar-refractivity contribution in [1.82, 2.24) is 5.32 Å². The van der Waals surface area contributed by atoms with E-state index in [0.29, 0.717) is 5.75 Å². The maximum absolute atomic E-state index is 13.1. The van der Waals surface area contributed by atoms with Gasteiger partial charge in [0, 0.05) is 23.7 Å². The fraction of sp³-hybridized carbons (Fsp3) is 0.133. The molecular weight excluding hydrogens is 261 g/mol. The number of aromatic hydroxyl groups is 1. The minimum absolute atomic E-state index is 0.0670. The Bertz CT molecular complexity index is 608. The highest BCUT2D eigenvalue weighted by atomic mass is 19.1. The molecule has 1 amide bonds. The summed E-state index contributed by atoms with van der Waals surface area (Å²) in [4.78, 5) is 11.9. The zero-order valence-corrected chi connectivity index (χ0v) is 10.9. The van der Waals surface area contributed by atoms with Crippen molar-refractivity contribution in [1.29, 1.82) is 0 Å². The average Bonchev–Trinajstić information content (AvgIpc) is 2.44. The molecule has 0 bridgehead atoms. The number of hydrogen-bond donors (Lipinski definition) is 2. The van der Waals surface area contributed by atoms with Crippen molar-refractivity contribution in [3.05, 3.63) is 59.4 Å². The van der Waals surface area contributed by atoms with Crippen LogP contribution >= 0.6 is 0 Å². The molecule has 0 heterocycles. The topological polar surface area (TPSA) is 58.6 Å². The number of benzene rings is 2. The van der Waals surface area contributed by atoms with Crippen molar-refractivity contribution in [2.24, 2.45) is 0 Å². The predicted octanol–water partition coefficient (Wildman–Crippen LogP) is 2.47. The van der Waals surface area contributed by atoms with E-state index in [9.17, 15) is 14.3 Å². The van der Waals surface area contributed by atoms with Crippen LogP contribution in [0.3, 0.4) is 0 Å². The first-order valence-corrected chi connectivity index (χ1v) is 6.00. The fourth-order valence-electron chi connectivity index (χ4n) is 1.83. The molecule has 0 unspecified atom stereocenters. The van der Waals surface area contributed by atoms with Gasteiger partial charge >= 0.3 is 0 Å². The van der Waals surface area contributed by atoms with Crippen LogP contribution in [0.25, 0.3) is 0 Å². The van der Waals surface area contributed by atoms with E-state index in [2.05, 4.69) is 5.32 Å². The molecular formula is C15H14FNO3. The van der Waals surface area contributed by atoms with Gasteiger partial charge in [0.1, 0.15) is 17.3 Å². The number of ether oxygens (including phenoxy) is 1. The van der Waals surface area contributed by atoms with Gasteiger partial charge in [-0.1, -0.05) is 18.2 Å². The van der Waals surface area contributed by atoms with Crippen molar-refractivity contribution in [2.45, 2.75) is 6.54 Å². The summed E-state index contributed by atoms with van der Waals surface area (Å²) in [6.45, 7) is 0.250. The van der Waals surface area contributed by atoms with Crippen molar-refractivity contribution in [3.63, 3.8) is 0 Å². The lowest BCUT2D eigenvalue weighted by molar-refractivity contribution is 0.0950. The van der Waals surface area contributed by atoms with Crippen molar-refractivity contribution in [2.75, 3.05) is 7.11 Å². The summed E-state index contributed by atoms with van der Waals surface area (Å²) in [6.07, 6.45) is 0. The van der Waals surface area contributed by atoms with Gasteiger partial charge in [-0.05, 0) is 18.2 Å². The molecule has 0 aliphatic heterocycles. The van der Waals surface area contributed by atoms with Crippen LogP contribution in [0.1, 0.15) is 15.9 Å². The van der Waals surface area contributed by atoms with Gasteiger partial charge in [0.15, 0.2) is 0 Å². The van der Waals surface area contributed by atoms with E-state index in [1.54, 1.807) is 13.2 Å². The molecule has 0 atom stereocenters. The Balaban J connectivity index is 2.08. The van der Waals surface area contributed by atoms with Gasteiger partial charge < -0.3 is 15.2 Å². The molecule has 0 spiro atoms. The molecule has 0 aliphatic carbocycles. The number of carbonyl (C=O) groups excluding carboxylic acids is 1. The van der Waals surface area contributed by atoms with Crippen molar-refractivity contribution < 1.29 is 19.0 Å². The summed E-state index contributed by atoms with van der Waals surface area (Å²) in [5, 5.41) is 11.9. The van der Waals surface area contributed by atoms with E-state index in [4.69, 9.17) is 4.74 Å². The second kappa shape index (κ2) is 6.06. The summed E-state index contributed by atoms with van der Waals surface area (Å²) in [7, 11) is 1.55. The van der Waals surface area contributed by atoms with Crippen molar-refractivity contribution in [3.8, 4) is 11.5 Å². The molecule has 2 rings (SSSR count). The lowest BCUT2D eigenvalue weighted by Gasteiger charge is -2.09. The number of carbonyl (C=O) groups is 1. The van der Waals surface area contributed by atoms with Crippen LogP contribution in [0.5, 0.6) is 11.5 Å². The Morgan fingerprint density at radius 1 is 1.30 bits per heavy atom. The smallest absolute Gasteiger partial charge is 0.251 e. The van der Waals surface area contributed by atoms with Gasteiger partial charge in [-0.2, -0.15) is 0 Å². The van der Waals surface area contributed by atoms with E-state index in [-0.39, 0.29) is 17.9 Å². The standard InChI is InChI=1S/C15H14FNO3/c1-20-14-5-3-2-4-10(14)9-17-15(19)11-6-12(16)8-13(18)7-11/h2-8,18H,9H2,1H3,(H,17,19). The van der Waals surface area contributed by atoms with Crippen LogP contribution in [0.4, 0.5) is 4.39 Å². The fourth-order valence-corrected chi connectivity index (χ4v) is 1.83. The van der Waals surface area contributed by atoms with Crippen LogP contribution in [-0.4, -0.2) is 18.1 Å². The second-order valence-corrected chi connectivity index (χ2v) is 4.19. The third kappa shape index (κ3) is 3.26. The molecule has 2 aromatic rings. The summed E-state index contributed by atoms with van der Waals surface area (Å²) >= 11 is 0. The largest absolute Gasteiger partial charge is 0.508 e. The quantitative estimate of drug-likeness (QED) is 0.901. The lowest BCUT2D eigenvalue weighted by atomic mass is 10.1. The Kier molecular flexibility index (Phi) is 4.20. The third-order valence-electron chi connectivity index (χ3n) is 2.78. The van der Waals surface area contributed by atoms with Crippen LogP contribution in [0, 0.1) is 5.82 Å². The van der Waals surface area contributed by atoms with Gasteiger partial charge in [0.25, 0.3) is 5.91 Å². The van der Waals surface area contributed by atoms with Crippen LogP contribution < -0.4 is 10.1 Å². The first-order valence-electron chi connectivity index (χ1n) is 6.00. The molecule has 0 aliphatic rings. The number of hydrogen-bond acceptors (Lipinski definition) is 3. The number of phenols is 1. The van der Waals surface area contributed by atoms with Gasteiger partial charge in [-0.25, -0.2) is 4.39 Å². The Morgan fingerprint density at radius 2 is 2.05 bits per heavy atom. The van der Waals surface area contributed by atoms with E-state index >= 15 is 0 Å². The highest BCUT2D eigenvalue weighted by molar-refractivity contribution is 5.94. The van der Waals surface area contributed by atoms with Crippen LogP contribution in [0.15, 0.2) is 42.5 Å². The number of phenolic OH excluding ortho intramolecular Hbond substituents is 1. The van der Waals surface area contributed by atoms with E-state index in [1.165, 1.54) is 6.07 Å². The molecule has 0 radical (unpaired) electrons. The van der Waals surface area contributed by atoms with E-state index in [0.717, 1.165) is 17.7 Å². The Morgan fingerprint density at radius 3 is 2.75 bits per heavy atom. The number of amides is 1. The highest BCUT2D eigenvalue weighted by Crippen LogP contribution is 2.18. The summed E-state index contributed by atoms with van der Waals surface area (Å²) in [5.74, 6) is -0.750. The SMILES string of the molecule is COc1ccccc1CNC(=O)c1cc(O)cc(F)c1. The minimum Gasteiger partial charge on any atom is -0.508 e. The third-order valence-corrected chi connectivity index (χ3v) is 2.78. The zero-order chi connectivity index (χ0) is 14.5. The maximum Gasteiger partial charge on any atom is 0.251 e. The molecule has 5 heteroatoms. The van der Waals surface area contributed by atoms with Gasteiger partial charge in [-0.3, -0.25) is 4.79 Å². The highest BCUT2D eigenvalue weighted by Gasteiger charge is 2.09. The maximum atomic E-state index is 13.1. The summed E-state index contributed by atoms with van der Waals surface area (Å²) < 4.78 is 18.3. The zero-order valence-electron chi connectivity index (χ0n) is 10.9. The molecule has 0 aromatic heterocycles. The van der Waals surface area contributed by atoms with Gasteiger partial charge in [-0.15, -0.1) is 0 Å². The second-order valence-electron chi connectivity index (χ2n) is 4.19.